The number of nitro groups is 1. The van der Waals surface area contributed by atoms with Crippen molar-refractivity contribution in [2.75, 3.05) is 27.4 Å². The summed E-state index contributed by atoms with van der Waals surface area (Å²) in [6.07, 6.45) is 0.627. The maximum absolute atomic E-state index is 13.6. The standard InChI is InChI=1S/C24H24N2O6S/c1-4-32-19-8-7-16(12-18(19)26(28)29)24(27)25-10-9-15-13-20(30-2)21(31-3)14-17(15)23(25)22-6-5-11-33-22/h5-8,11-14,23H,4,9-10H2,1-3H3. The molecule has 0 radical (unpaired) electrons. The number of hydrogen-bond acceptors (Lipinski definition) is 7. The average Bonchev–Trinajstić information content (AvgIpc) is 3.36. The lowest BCUT2D eigenvalue weighted by Crippen LogP contribution is -2.40. The highest BCUT2D eigenvalue weighted by Crippen LogP contribution is 2.43. The van der Waals surface area contributed by atoms with Gasteiger partial charge in [-0.05, 0) is 60.2 Å². The molecule has 33 heavy (non-hydrogen) atoms. The first-order valence-electron chi connectivity index (χ1n) is 10.5. The van der Waals surface area contributed by atoms with Crippen molar-refractivity contribution in [2.24, 2.45) is 0 Å². The van der Waals surface area contributed by atoms with Gasteiger partial charge in [0.05, 0.1) is 31.8 Å². The Labute approximate surface area is 195 Å². The van der Waals surface area contributed by atoms with E-state index in [1.54, 1.807) is 43.4 Å². The summed E-state index contributed by atoms with van der Waals surface area (Å²) in [4.78, 5) is 27.5. The van der Waals surface area contributed by atoms with Gasteiger partial charge in [-0.2, -0.15) is 0 Å². The van der Waals surface area contributed by atoms with Crippen molar-refractivity contribution >= 4 is 22.9 Å². The molecule has 1 aromatic heterocycles. The molecule has 0 fully saturated rings. The Morgan fingerprint density at radius 2 is 1.91 bits per heavy atom. The molecule has 172 valence electrons. The molecule has 2 heterocycles. The Morgan fingerprint density at radius 1 is 1.15 bits per heavy atom. The number of carbonyl (C=O) groups excluding carboxylic acids is 1. The van der Waals surface area contributed by atoms with Crippen molar-refractivity contribution in [1.29, 1.82) is 0 Å². The van der Waals surface area contributed by atoms with E-state index in [0.717, 1.165) is 16.0 Å². The van der Waals surface area contributed by atoms with Crippen LogP contribution in [0, 0.1) is 10.1 Å². The number of nitrogens with zero attached hydrogens (tertiary/aromatic N) is 2. The minimum absolute atomic E-state index is 0.148. The average molecular weight is 469 g/mol. The molecular weight excluding hydrogens is 444 g/mol. The fourth-order valence-corrected chi connectivity index (χ4v) is 5.01. The van der Waals surface area contributed by atoms with E-state index in [0.29, 0.717) is 31.1 Å². The van der Waals surface area contributed by atoms with Crippen LogP contribution in [0.15, 0.2) is 47.8 Å². The number of nitro benzene ring substituents is 1. The minimum Gasteiger partial charge on any atom is -0.493 e. The third-order valence-electron chi connectivity index (χ3n) is 5.65. The van der Waals surface area contributed by atoms with Gasteiger partial charge in [0.2, 0.25) is 0 Å². The molecule has 0 aliphatic carbocycles. The maximum atomic E-state index is 13.6. The molecule has 0 N–H and O–H groups in total. The van der Waals surface area contributed by atoms with Crippen LogP contribution in [0.4, 0.5) is 5.69 Å². The number of ether oxygens (including phenoxy) is 3. The Balaban J connectivity index is 1.79. The van der Waals surface area contributed by atoms with Crippen LogP contribution in [0.1, 0.15) is 39.3 Å². The van der Waals surface area contributed by atoms with Gasteiger partial charge < -0.3 is 19.1 Å². The number of benzene rings is 2. The lowest BCUT2D eigenvalue weighted by Gasteiger charge is -2.37. The highest BCUT2D eigenvalue weighted by atomic mass is 32.1. The number of thiophene rings is 1. The predicted molar refractivity (Wildman–Crippen MR) is 125 cm³/mol. The summed E-state index contributed by atoms with van der Waals surface area (Å²) in [7, 11) is 3.17. The van der Waals surface area contributed by atoms with Crippen molar-refractivity contribution in [2.45, 2.75) is 19.4 Å². The zero-order valence-electron chi connectivity index (χ0n) is 18.6. The van der Waals surface area contributed by atoms with Crippen LogP contribution in [-0.4, -0.2) is 43.1 Å². The van der Waals surface area contributed by atoms with Crippen LogP contribution in [0.25, 0.3) is 0 Å². The molecule has 1 aliphatic heterocycles. The van der Waals surface area contributed by atoms with E-state index in [-0.39, 0.29) is 28.9 Å². The molecular formula is C24H24N2O6S. The van der Waals surface area contributed by atoms with Crippen molar-refractivity contribution in [3.8, 4) is 17.2 Å². The van der Waals surface area contributed by atoms with E-state index in [9.17, 15) is 14.9 Å². The minimum atomic E-state index is -0.527. The molecule has 9 heteroatoms. The van der Waals surface area contributed by atoms with Gasteiger partial charge in [-0.1, -0.05) is 6.07 Å². The number of rotatable bonds is 7. The van der Waals surface area contributed by atoms with Crippen LogP contribution in [0.5, 0.6) is 17.2 Å². The van der Waals surface area contributed by atoms with E-state index in [2.05, 4.69) is 0 Å². The van der Waals surface area contributed by atoms with Crippen LogP contribution in [-0.2, 0) is 6.42 Å². The molecule has 1 amide bonds. The fraction of sp³-hybridized carbons (Fsp3) is 0.292. The maximum Gasteiger partial charge on any atom is 0.311 e. The van der Waals surface area contributed by atoms with Gasteiger partial charge in [0.1, 0.15) is 0 Å². The number of hydrogen-bond donors (Lipinski definition) is 0. The first-order valence-corrected chi connectivity index (χ1v) is 11.4. The van der Waals surface area contributed by atoms with Gasteiger partial charge in [0.15, 0.2) is 17.2 Å². The van der Waals surface area contributed by atoms with E-state index in [4.69, 9.17) is 14.2 Å². The zero-order chi connectivity index (χ0) is 23.5. The second-order valence-corrected chi connectivity index (χ2v) is 8.42. The van der Waals surface area contributed by atoms with Crippen LogP contribution in [0.2, 0.25) is 0 Å². The molecule has 2 aromatic carbocycles. The van der Waals surface area contributed by atoms with Crippen LogP contribution in [0.3, 0.4) is 0 Å². The van der Waals surface area contributed by atoms with Gasteiger partial charge in [0, 0.05) is 23.1 Å². The Bertz CT molecular complexity index is 1180. The molecule has 3 aromatic rings. The topological polar surface area (TPSA) is 91.1 Å². The van der Waals surface area contributed by atoms with Crippen molar-refractivity contribution in [1.82, 2.24) is 4.90 Å². The summed E-state index contributed by atoms with van der Waals surface area (Å²) in [6.45, 7) is 2.51. The van der Waals surface area contributed by atoms with Crippen LogP contribution >= 0.6 is 11.3 Å². The normalized spacial score (nSPS) is 15.0. The molecule has 1 atom stereocenters. The lowest BCUT2D eigenvalue weighted by atomic mass is 9.90. The SMILES string of the molecule is CCOc1ccc(C(=O)N2CCc3cc(OC)c(OC)cc3C2c2cccs2)cc1[N+](=O)[O-]. The highest BCUT2D eigenvalue weighted by Gasteiger charge is 2.35. The van der Waals surface area contributed by atoms with Gasteiger partial charge in [-0.15, -0.1) is 11.3 Å². The largest absolute Gasteiger partial charge is 0.493 e. The quantitative estimate of drug-likeness (QED) is 0.363. The highest BCUT2D eigenvalue weighted by molar-refractivity contribution is 7.10. The Kier molecular flexibility index (Phi) is 6.50. The summed E-state index contributed by atoms with van der Waals surface area (Å²) in [5.74, 6) is 1.10. The van der Waals surface area contributed by atoms with Crippen LogP contribution < -0.4 is 14.2 Å². The summed E-state index contributed by atoms with van der Waals surface area (Å²) in [5.41, 5.74) is 2.05. The molecule has 4 rings (SSSR count). The molecule has 8 nitrogen and oxygen atoms in total. The Morgan fingerprint density at radius 3 is 2.55 bits per heavy atom. The molecule has 0 saturated heterocycles. The third-order valence-corrected chi connectivity index (χ3v) is 6.57. The summed E-state index contributed by atoms with van der Waals surface area (Å²) >= 11 is 1.56. The predicted octanol–water partition coefficient (Wildman–Crippen LogP) is 4.86. The first kappa shape index (κ1) is 22.6. The smallest absolute Gasteiger partial charge is 0.311 e. The van der Waals surface area contributed by atoms with E-state index in [1.807, 2.05) is 29.6 Å². The molecule has 1 aliphatic rings. The lowest BCUT2D eigenvalue weighted by molar-refractivity contribution is -0.385. The van der Waals surface area contributed by atoms with E-state index < -0.39 is 4.92 Å². The van der Waals surface area contributed by atoms with Gasteiger partial charge >= 0.3 is 5.69 Å². The van der Waals surface area contributed by atoms with Crippen molar-refractivity contribution in [3.63, 3.8) is 0 Å². The summed E-state index contributed by atoms with van der Waals surface area (Å²) < 4.78 is 16.3. The van der Waals surface area contributed by atoms with Crippen molar-refractivity contribution in [3.05, 3.63) is 79.5 Å². The Hall–Kier alpha value is -3.59. The van der Waals surface area contributed by atoms with E-state index in [1.165, 1.54) is 12.1 Å². The zero-order valence-corrected chi connectivity index (χ0v) is 19.4. The fourth-order valence-electron chi connectivity index (χ4n) is 4.15. The number of methoxy groups -OCH3 is 2. The summed E-state index contributed by atoms with van der Waals surface area (Å²) in [6, 6.07) is 11.8. The molecule has 0 saturated carbocycles. The van der Waals surface area contributed by atoms with Gasteiger partial charge in [0.25, 0.3) is 5.91 Å². The van der Waals surface area contributed by atoms with Gasteiger partial charge in [-0.25, -0.2) is 0 Å². The molecule has 0 bridgehead atoms. The monoisotopic (exact) mass is 468 g/mol. The third kappa shape index (κ3) is 4.23. The second kappa shape index (κ2) is 9.50. The summed E-state index contributed by atoms with van der Waals surface area (Å²) in [5, 5.41) is 13.5. The van der Waals surface area contributed by atoms with E-state index >= 15 is 0 Å². The number of amides is 1. The number of fused-ring (bicyclic) bond motifs is 1. The van der Waals surface area contributed by atoms with Gasteiger partial charge in [-0.3, -0.25) is 14.9 Å². The first-order chi connectivity index (χ1) is 16.0. The second-order valence-electron chi connectivity index (χ2n) is 7.45. The van der Waals surface area contributed by atoms with Crippen molar-refractivity contribution < 1.29 is 23.9 Å². The molecule has 0 spiro atoms. The number of carbonyl (C=O) groups is 1. The molecule has 1 unspecified atom stereocenters.